The van der Waals surface area contributed by atoms with Crippen LogP contribution >= 0.6 is 0 Å². The molecule has 5 heteroatoms. The van der Waals surface area contributed by atoms with Crippen LogP contribution in [0.4, 0.5) is 5.82 Å². The number of nitrogens with zero attached hydrogens (tertiary/aromatic N) is 2. The highest BCUT2D eigenvalue weighted by molar-refractivity contribution is 5.93. The van der Waals surface area contributed by atoms with E-state index in [0.717, 1.165) is 25.2 Å². The van der Waals surface area contributed by atoms with Crippen molar-refractivity contribution < 1.29 is 9.59 Å². The van der Waals surface area contributed by atoms with Gasteiger partial charge in [-0.15, -0.1) is 0 Å². The van der Waals surface area contributed by atoms with Crippen molar-refractivity contribution in [2.45, 2.75) is 19.8 Å². The number of amides is 1. The Balaban J connectivity index is 2.11. The van der Waals surface area contributed by atoms with Gasteiger partial charge >= 0.3 is 0 Å². The Labute approximate surface area is 106 Å². The maximum atomic E-state index is 11.2. The van der Waals surface area contributed by atoms with E-state index in [2.05, 4.69) is 4.98 Å². The molecule has 1 aliphatic rings. The molecule has 1 unspecified atom stereocenters. The third kappa shape index (κ3) is 2.67. The number of ketones is 1. The number of carbonyl (C=O) groups is 2. The summed E-state index contributed by atoms with van der Waals surface area (Å²) in [6, 6.07) is 3.58. The lowest BCUT2D eigenvalue weighted by atomic mass is 9.97. The quantitative estimate of drug-likeness (QED) is 0.808. The first-order chi connectivity index (χ1) is 8.58. The summed E-state index contributed by atoms with van der Waals surface area (Å²) in [5, 5.41) is 0. The Morgan fingerprint density at radius 3 is 2.78 bits per heavy atom. The van der Waals surface area contributed by atoms with Crippen molar-refractivity contribution in [3.05, 3.63) is 23.9 Å². The number of piperidine rings is 1. The third-order valence-corrected chi connectivity index (χ3v) is 3.30. The molecule has 0 aliphatic carbocycles. The molecular formula is C13H17N3O2. The second kappa shape index (κ2) is 5.16. The number of nitrogens with two attached hydrogens (primary N) is 1. The molecule has 18 heavy (non-hydrogen) atoms. The topological polar surface area (TPSA) is 76.3 Å². The van der Waals surface area contributed by atoms with Crippen LogP contribution in [0.15, 0.2) is 18.3 Å². The summed E-state index contributed by atoms with van der Waals surface area (Å²) in [5.41, 5.74) is 5.94. The number of primary amides is 1. The third-order valence-electron chi connectivity index (χ3n) is 3.30. The van der Waals surface area contributed by atoms with Gasteiger partial charge in [0, 0.05) is 24.8 Å². The van der Waals surface area contributed by atoms with Crippen LogP contribution in [0, 0.1) is 5.92 Å². The molecule has 5 nitrogen and oxygen atoms in total. The lowest BCUT2D eigenvalue weighted by Crippen LogP contribution is -2.41. The Bertz CT molecular complexity index is 456. The van der Waals surface area contributed by atoms with Crippen molar-refractivity contribution >= 4 is 17.5 Å². The van der Waals surface area contributed by atoms with Gasteiger partial charge in [-0.2, -0.15) is 0 Å². The first kappa shape index (κ1) is 12.5. The molecule has 1 fully saturated rings. The van der Waals surface area contributed by atoms with E-state index in [1.807, 2.05) is 11.0 Å². The monoisotopic (exact) mass is 247 g/mol. The van der Waals surface area contributed by atoms with Crippen LogP contribution in [0.2, 0.25) is 0 Å². The van der Waals surface area contributed by atoms with Gasteiger partial charge in [-0.1, -0.05) is 0 Å². The maximum Gasteiger partial charge on any atom is 0.222 e. The smallest absolute Gasteiger partial charge is 0.222 e. The highest BCUT2D eigenvalue weighted by atomic mass is 16.1. The number of carbonyl (C=O) groups excluding carboxylic acids is 2. The van der Waals surface area contributed by atoms with E-state index in [-0.39, 0.29) is 17.6 Å². The van der Waals surface area contributed by atoms with E-state index in [0.29, 0.717) is 12.1 Å². The van der Waals surface area contributed by atoms with Crippen molar-refractivity contribution in [3.63, 3.8) is 0 Å². The second-order valence-corrected chi connectivity index (χ2v) is 4.65. The largest absolute Gasteiger partial charge is 0.369 e. The number of rotatable bonds is 3. The molecule has 2 rings (SSSR count). The fourth-order valence-corrected chi connectivity index (χ4v) is 2.20. The van der Waals surface area contributed by atoms with E-state index in [4.69, 9.17) is 5.73 Å². The summed E-state index contributed by atoms with van der Waals surface area (Å²) in [7, 11) is 0. The molecule has 0 saturated carbocycles. The zero-order valence-electron chi connectivity index (χ0n) is 10.4. The lowest BCUT2D eigenvalue weighted by Gasteiger charge is -2.32. The molecule has 0 aromatic carbocycles. The van der Waals surface area contributed by atoms with Crippen molar-refractivity contribution in [3.8, 4) is 0 Å². The van der Waals surface area contributed by atoms with Crippen LogP contribution in [0.1, 0.15) is 30.1 Å². The summed E-state index contributed by atoms with van der Waals surface area (Å²) in [4.78, 5) is 28.7. The maximum absolute atomic E-state index is 11.2. The van der Waals surface area contributed by atoms with Gasteiger partial charge in [0.15, 0.2) is 5.78 Å². The molecule has 1 aromatic rings. The fourth-order valence-electron chi connectivity index (χ4n) is 2.20. The molecule has 2 heterocycles. The molecule has 0 bridgehead atoms. The van der Waals surface area contributed by atoms with Crippen molar-refractivity contribution in [1.82, 2.24) is 4.98 Å². The van der Waals surface area contributed by atoms with Crippen molar-refractivity contribution in [1.29, 1.82) is 0 Å². The number of aromatic nitrogens is 1. The van der Waals surface area contributed by atoms with Crippen LogP contribution in [0.3, 0.4) is 0 Å². The Kier molecular flexibility index (Phi) is 3.60. The van der Waals surface area contributed by atoms with Crippen molar-refractivity contribution in [2.75, 3.05) is 18.0 Å². The van der Waals surface area contributed by atoms with E-state index in [1.54, 1.807) is 12.3 Å². The van der Waals surface area contributed by atoms with Crippen LogP contribution < -0.4 is 10.6 Å². The van der Waals surface area contributed by atoms with Gasteiger partial charge in [-0.05, 0) is 31.9 Å². The van der Waals surface area contributed by atoms with Gasteiger partial charge in [0.1, 0.15) is 5.82 Å². The minimum Gasteiger partial charge on any atom is -0.369 e. The average Bonchev–Trinajstić information content (AvgIpc) is 2.39. The molecule has 1 atom stereocenters. The van der Waals surface area contributed by atoms with Gasteiger partial charge in [0.05, 0.1) is 5.92 Å². The predicted octanol–water partition coefficient (Wildman–Crippen LogP) is 0.986. The number of hydrogen-bond acceptors (Lipinski definition) is 4. The van der Waals surface area contributed by atoms with Gasteiger partial charge < -0.3 is 10.6 Å². The molecule has 96 valence electrons. The highest BCUT2D eigenvalue weighted by Gasteiger charge is 2.24. The van der Waals surface area contributed by atoms with Gasteiger partial charge in [-0.25, -0.2) is 4.98 Å². The minimum absolute atomic E-state index is 0.00251. The number of pyridine rings is 1. The summed E-state index contributed by atoms with van der Waals surface area (Å²) >= 11 is 0. The van der Waals surface area contributed by atoms with E-state index in [9.17, 15) is 9.59 Å². The van der Waals surface area contributed by atoms with Crippen LogP contribution in [0.5, 0.6) is 0 Å². The Hall–Kier alpha value is -1.91. The first-order valence-corrected chi connectivity index (χ1v) is 6.09. The average molecular weight is 247 g/mol. The van der Waals surface area contributed by atoms with Gasteiger partial charge in [-0.3, -0.25) is 9.59 Å². The van der Waals surface area contributed by atoms with E-state index in [1.165, 1.54) is 6.92 Å². The molecule has 1 aromatic heterocycles. The highest BCUT2D eigenvalue weighted by Crippen LogP contribution is 2.21. The standard InChI is InChI=1S/C13H17N3O2/c1-9(17)10-4-5-12(15-7-10)16-6-2-3-11(8-16)13(14)18/h4-5,7,11H,2-3,6,8H2,1H3,(H2,14,18). The van der Waals surface area contributed by atoms with E-state index < -0.39 is 0 Å². The summed E-state index contributed by atoms with van der Waals surface area (Å²) in [6.45, 7) is 3.00. The SMILES string of the molecule is CC(=O)c1ccc(N2CCCC(C(N)=O)C2)nc1. The second-order valence-electron chi connectivity index (χ2n) is 4.65. The first-order valence-electron chi connectivity index (χ1n) is 6.09. The van der Waals surface area contributed by atoms with Crippen LogP contribution in [0.25, 0.3) is 0 Å². The normalized spacial score (nSPS) is 19.6. The van der Waals surface area contributed by atoms with Crippen LogP contribution in [-0.2, 0) is 4.79 Å². The fraction of sp³-hybridized carbons (Fsp3) is 0.462. The molecule has 0 spiro atoms. The summed E-state index contributed by atoms with van der Waals surface area (Å²) in [5.74, 6) is 0.446. The molecule has 2 N–H and O–H groups in total. The van der Waals surface area contributed by atoms with Crippen molar-refractivity contribution in [2.24, 2.45) is 11.7 Å². The number of hydrogen-bond donors (Lipinski definition) is 1. The number of anilines is 1. The summed E-state index contributed by atoms with van der Waals surface area (Å²) in [6.07, 6.45) is 3.35. The zero-order valence-corrected chi connectivity index (χ0v) is 10.4. The van der Waals surface area contributed by atoms with Gasteiger partial charge in [0.25, 0.3) is 0 Å². The number of Topliss-reactive ketones (excluding diaryl/α,β-unsaturated/α-hetero) is 1. The molecule has 1 amide bonds. The Morgan fingerprint density at radius 1 is 1.44 bits per heavy atom. The lowest BCUT2D eigenvalue weighted by molar-refractivity contribution is -0.122. The van der Waals surface area contributed by atoms with Gasteiger partial charge in [0.2, 0.25) is 5.91 Å². The molecule has 1 saturated heterocycles. The Morgan fingerprint density at radius 2 is 2.22 bits per heavy atom. The predicted molar refractivity (Wildman–Crippen MR) is 68.4 cm³/mol. The minimum atomic E-state index is -0.250. The molecule has 1 aliphatic heterocycles. The van der Waals surface area contributed by atoms with E-state index >= 15 is 0 Å². The molecular weight excluding hydrogens is 230 g/mol. The van der Waals surface area contributed by atoms with Crippen LogP contribution in [-0.4, -0.2) is 29.8 Å². The zero-order chi connectivity index (χ0) is 13.1. The molecule has 0 radical (unpaired) electrons. The summed E-state index contributed by atoms with van der Waals surface area (Å²) < 4.78 is 0.